The van der Waals surface area contributed by atoms with Crippen LogP contribution < -0.4 is 5.32 Å². The van der Waals surface area contributed by atoms with Crippen LogP contribution in [-0.4, -0.2) is 34.3 Å². The minimum Gasteiger partial charge on any atom is -0.479 e. The van der Waals surface area contributed by atoms with Gasteiger partial charge < -0.3 is 15.3 Å². The van der Waals surface area contributed by atoms with Crippen molar-refractivity contribution in [1.29, 1.82) is 0 Å². The lowest BCUT2D eigenvalue weighted by Gasteiger charge is -2.03. The number of benzene rings is 1. The van der Waals surface area contributed by atoms with E-state index in [0.29, 0.717) is 11.3 Å². The van der Waals surface area contributed by atoms with Gasteiger partial charge in [-0.1, -0.05) is 11.2 Å². The summed E-state index contributed by atoms with van der Waals surface area (Å²) in [5.74, 6) is -1.59. The third kappa shape index (κ3) is 1.95. The average Bonchev–Trinajstić information content (AvgIpc) is 2.75. The van der Waals surface area contributed by atoms with Crippen molar-refractivity contribution in [2.45, 2.75) is 0 Å². The summed E-state index contributed by atoms with van der Waals surface area (Å²) in [5, 5.41) is 16.5. The van der Waals surface area contributed by atoms with Crippen LogP contribution in [-0.2, 0) is 14.4 Å². The van der Waals surface area contributed by atoms with Crippen molar-refractivity contribution in [1.82, 2.24) is 4.98 Å². The first-order chi connectivity index (χ1) is 9.66. The molecule has 20 heavy (non-hydrogen) atoms. The Morgan fingerprint density at radius 3 is 3.05 bits per heavy atom. The molecule has 0 saturated carbocycles. The van der Waals surface area contributed by atoms with Gasteiger partial charge in [0, 0.05) is 23.3 Å². The predicted molar refractivity (Wildman–Crippen MR) is 70.5 cm³/mol. The highest BCUT2D eigenvalue weighted by Crippen LogP contribution is 2.31. The number of carbonyl (C=O) groups is 2. The number of aliphatic carboxylic acids is 1. The number of carboxylic acid groups (broad SMARTS) is 1. The molecule has 1 aliphatic heterocycles. The molecule has 1 aliphatic rings. The number of nitrogens with zero attached hydrogens (tertiary/aromatic N) is 2. The van der Waals surface area contributed by atoms with Crippen LogP contribution in [0.5, 0.6) is 0 Å². The van der Waals surface area contributed by atoms with E-state index in [1.165, 1.54) is 0 Å². The quantitative estimate of drug-likeness (QED) is 0.811. The Balaban J connectivity index is 2.04. The normalized spacial score (nSPS) is 15.2. The van der Waals surface area contributed by atoms with E-state index in [-0.39, 0.29) is 5.71 Å². The van der Waals surface area contributed by atoms with Crippen LogP contribution in [0, 0.1) is 0 Å². The number of nitrogens with one attached hydrogen (secondary N) is 1. The fraction of sp³-hybridized carbons (Fsp3) is 0.0769. The van der Waals surface area contributed by atoms with Crippen molar-refractivity contribution < 1.29 is 19.5 Å². The topological polar surface area (TPSA) is 101 Å². The Morgan fingerprint density at radius 1 is 1.40 bits per heavy atom. The van der Waals surface area contributed by atoms with Crippen molar-refractivity contribution in [3.8, 4) is 0 Å². The number of hydrogen-bond donors (Lipinski definition) is 2. The van der Waals surface area contributed by atoms with E-state index < -0.39 is 18.5 Å². The number of oxime groups is 1. The molecule has 0 atom stereocenters. The summed E-state index contributed by atoms with van der Waals surface area (Å²) in [6.45, 7) is -0.596. The number of anilines is 1. The van der Waals surface area contributed by atoms with Crippen molar-refractivity contribution in [3.05, 3.63) is 36.2 Å². The monoisotopic (exact) mass is 271 g/mol. The summed E-state index contributed by atoms with van der Waals surface area (Å²) < 4.78 is 0. The molecule has 1 amide bonds. The van der Waals surface area contributed by atoms with Crippen LogP contribution in [0.4, 0.5) is 5.69 Å². The van der Waals surface area contributed by atoms with Crippen LogP contribution in [0.2, 0.25) is 0 Å². The van der Waals surface area contributed by atoms with E-state index >= 15 is 0 Å². The van der Waals surface area contributed by atoms with E-state index in [4.69, 9.17) is 5.11 Å². The maximum Gasteiger partial charge on any atom is 0.344 e. The van der Waals surface area contributed by atoms with Gasteiger partial charge >= 0.3 is 5.97 Å². The maximum atomic E-state index is 11.9. The summed E-state index contributed by atoms with van der Waals surface area (Å²) >= 11 is 0. The van der Waals surface area contributed by atoms with Gasteiger partial charge in [-0.2, -0.15) is 0 Å². The third-order valence-corrected chi connectivity index (χ3v) is 2.88. The summed E-state index contributed by atoms with van der Waals surface area (Å²) in [5.41, 5.74) is 1.24. The average molecular weight is 271 g/mol. The molecular formula is C13H9N3O4. The molecule has 0 radical (unpaired) electrons. The summed E-state index contributed by atoms with van der Waals surface area (Å²) in [7, 11) is 0. The minimum atomic E-state index is -1.16. The molecule has 0 unspecified atom stereocenters. The minimum absolute atomic E-state index is 0.0620. The first kappa shape index (κ1) is 12.1. The van der Waals surface area contributed by atoms with Gasteiger partial charge in [-0.15, -0.1) is 0 Å². The lowest BCUT2D eigenvalue weighted by atomic mass is 10.1. The first-order valence-electron chi connectivity index (χ1n) is 5.77. The van der Waals surface area contributed by atoms with Gasteiger partial charge in [0.05, 0.1) is 5.69 Å². The molecule has 2 aromatic rings. The number of fused-ring (bicyclic) bond motifs is 3. The Hall–Kier alpha value is -2.96. The molecule has 0 aliphatic carbocycles. The smallest absolute Gasteiger partial charge is 0.344 e. The van der Waals surface area contributed by atoms with E-state index in [1.807, 2.05) is 12.1 Å². The lowest BCUT2D eigenvalue weighted by Crippen LogP contribution is -2.15. The SMILES string of the molecule is O=C(O)CON=C1C(=O)Nc2c1ccc1ccncc21. The molecule has 7 heteroatoms. The Bertz CT molecular complexity index is 754. The molecule has 3 rings (SSSR count). The van der Waals surface area contributed by atoms with Crippen molar-refractivity contribution in [2.24, 2.45) is 5.16 Å². The Labute approximate surface area is 112 Å². The van der Waals surface area contributed by atoms with E-state index in [0.717, 1.165) is 10.8 Å². The maximum absolute atomic E-state index is 11.9. The van der Waals surface area contributed by atoms with Gasteiger partial charge in [0.2, 0.25) is 6.61 Å². The van der Waals surface area contributed by atoms with E-state index in [9.17, 15) is 9.59 Å². The third-order valence-electron chi connectivity index (χ3n) is 2.88. The van der Waals surface area contributed by atoms with Gasteiger partial charge in [-0.3, -0.25) is 9.78 Å². The molecule has 0 fully saturated rings. The number of amides is 1. The second-order valence-corrected chi connectivity index (χ2v) is 4.15. The molecule has 1 aromatic heterocycles. The van der Waals surface area contributed by atoms with Crippen LogP contribution in [0.1, 0.15) is 5.56 Å². The molecule has 1 aromatic carbocycles. The number of hydrogen-bond acceptors (Lipinski definition) is 5. The van der Waals surface area contributed by atoms with Crippen LogP contribution in [0.25, 0.3) is 10.8 Å². The van der Waals surface area contributed by atoms with Gasteiger partial charge in [0.15, 0.2) is 5.71 Å². The summed E-state index contributed by atoms with van der Waals surface area (Å²) in [6, 6.07) is 5.40. The zero-order valence-electron chi connectivity index (χ0n) is 10.2. The molecule has 2 heterocycles. The predicted octanol–water partition coefficient (Wildman–Crippen LogP) is 0.992. The van der Waals surface area contributed by atoms with Gasteiger partial charge in [0.1, 0.15) is 0 Å². The van der Waals surface area contributed by atoms with Crippen LogP contribution in [0.3, 0.4) is 0 Å². The van der Waals surface area contributed by atoms with Crippen molar-refractivity contribution in [2.75, 3.05) is 11.9 Å². The van der Waals surface area contributed by atoms with Crippen LogP contribution in [0.15, 0.2) is 35.7 Å². The summed E-state index contributed by atoms with van der Waals surface area (Å²) in [4.78, 5) is 30.9. The largest absolute Gasteiger partial charge is 0.479 e. The fourth-order valence-electron chi connectivity index (χ4n) is 2.03. The highest BCUT2D eigenvalue weighted by Gasteiger charge is 2.28. The van der Waals surface area contributed by atoms with Gasteiger partial charge in [-0.25, -0.2) is 4.79 Å². The standard InChI is InChI=1S/C13H9N3O4/c17-10(18)6-20-16-12-8-2-1-7-3-4-14-5-9(7)11(8)15-13(12)19/h1-5H,6H2,(H,17,18)(H,15,16,19). The summed E-state index contributed by atoms with van der Waals surface area (Å²) in [6.07, 6.45) is 3.31. The molecule has 2 N–H and O–H groups in total. The van der Waals surface area contributed by atoms with Crippen LogP contribution >= 0.6 is 0 Å². The van der Waals surface area contributed by atoms with Crippen molar-refractivity contribution in [3.63, 3.8) is 0 Å². The van der Waals surface area contributed by atoms with E-state index in [1.54, 1.807) is 18.5 Å². The molecule has 0 saturated heterocycles. The van der Waals surface area contributed by atoms with Gasteiger partial charge in [0.25, 0.3) is 5.91 Å². The second-order valence-electron chi connectivity index (χ2n) is 4.15. The zero-order valence-corrected chi connectivity index (χ0v) is 10.2. The van der Waals surface area contributed by atoms with E-state index in [2.05, 4.69) is 20.3 Å². The molecule has 100 valence electrons. The molecular weight excluding hydrogens is 262 g/mol. The number of rotatable bonds is 3. The highest BCUT2D eigenvalue weighted by molar-refractivity contribution is 6.54. The second kappa shape index (κ2) is 4.61. The molecule has 0 spiro atoms. The fourth-order valence-corrected chi connectivity index (χ4v) is 2.03. The Morgan fingerprint density at radius 2 is 2.25 bits per heavy atom. The Kier molecular flexibility index (Phi) is 2.79. The van der Waals surface area contributed by atoms with Gasteiger partial charge in [-0.05, 0) is 17.5 Å². The number of carboxylic acids is 1. The zero-order chi connectivity index (χ0) is 14.1. The number of pyridine rings is 1. The lowest BCUT2D eigenvalue weighted by molar-refractivity contribution is -0.142. The van der Waals surface area contributed by atoms with Crippen molar-refractivity contribution >= 4 is 34.0 Å². The molecule has 0 bridgehead atoms. The molecule has 7 nitrogen and oxygen atoms in total. The first-order valence-corrected chi connectivity index (χ1v) is 5.77. The number of aromatic nitrogens is 1. The number of carbonyl (C=O) groups excluding carboxylic acids is 1. The highest BCUT2D eigenvalue weighted by atomic mass is 16.6.